The number of aromatic nitrogens is 4. The molecule has 8 heteroatoms. The van der Waals surface area contributed by atoms with Gasteiger partial charge in [0.1, 0.15) is 11.4 Å². The second kappa shape index (κ2) is 9.26. The van der Waals surface area contributed by atoms with Gasteiger partial charge in [0.25, 0.3) is 5.91 Å². The molecule has 0 bridgehead atoms. The van der Waals surface area contributed by atoms with Gasteiger partial charge in [0, 0.05) is 5.56 Å². The lowest BCUT2D eigenvalue weighted by Gasteiger charge is -2.09. The lowest BCUT2D eigenvalue weighted by atomic mass is 10.0. The van der Waals surface area contributed by atoms with Gasteiger partial charge in [-0.3, -0.25) is 9.89 Å². The van der Waals surface area contributed by atoms with Crippen molar-refractivity contribution in [3.8, 4) is 22.7 Å². The van der Waals surface area contributed by atoms with Gasteiger partial charge in [-0.1, -0.05) is 48.5 Å². The third-order valence-corrected chi connectivity index (χ3v) is 5.90. The molecule has 0 fully saturated rings. The Morgan fingerprint density at radius 2 is 1.83 bits per heavy atom. The van der Waals surface area contributed by atoms with Crippen LogP contribution < -0.4 is 10.2 Å². The highest BCUT2D eigenvalue weighted by Gasteiger charge is 2.17. The average Bonchev–Trinajstić information content (AvgIpc) is 3.49. The highest BCUT2D eigenvalue weighted by Crippen LogP contribution is 2.36. The molecule has 8 nitrogen and oxygen atoms in total. The second-order valence-electron chi connectivity index (χ2n) is 8.06. The Bertz CT molecular complexity index is 1550. The third kappa shape index (κ3) is 4.17. The topological polar surface area (TPSA) is 97.2 Å². The maximum atomic E-state index is 12.7. The average molecular weight is 465 g/mol. The molecule has 0 atom stereocenters. The number of nitrogens with one attached hydrogen (secondary N) is 2. The number of carbonyl (C=O) groups is 1. The number of H-pyrrole nitrogens is 1. The number of nitrogens with zero attached hydrogens (tertiary/aromatic N) is 4. The first-order chi connectivity index (χ1) is 17.1. The Morgan fingerprint density at radius 1 is 1.06 bits per heavy atom. The number of ether oxygens (including phenoxy) is 1. The van der Waals surface area contributed by atoms with Crippen LogP contribution in [0.4, 0.5) is 0 Å². The van der Waals surface area contributed by atoms with E-state index in [0.717, 1.165) is 39.0 Å². The van der Waals surface area contributed by atoms with Gasteiger partial charge < -0.3 is 4.74 Å². The highest BCUT2D eigenvalue weighted by atomic mass is 16.5. The Labute approximate surface area is 202 Å². The van der Waals surface area contributed by atoms with E-state index in [4.69, 9.17) is 4.74 Å². The molecule has 0 spiro atoms. The minimum Gasteiger partial charge on any atom is -0.496 e. The summed E-state index contributed by atoms with van der Waals surface area (Å²) in [7, 11) is 1.62. The number of hydrazone groups is 1. The third-order valence-electron chi connectivity index (χ3n) is 5.90. The lowest BCUT2D eigenvalue weighted by Crippen LogP contribution is -2.18. The van der Waals surface area contributed by atoms with Crippen molar-refractivity contribution in [2.45, 2.75) is 13.8 Å². The number of fused-ring (bicyclic) bond motifs is 1. The van der Waals surface area contributed by atoms with E-state index in [1.54, 1.807) is 19.4 Å². The number of benzene rings is 3. The van der Waals surface area contributed by atoms with E-state index in [1.807, 2.05) is 85.3 Å². The van der Waals surface area contributed by atoms with Crippen molar-refractivity contribution >= 4 is 22.9 Å². The SMILES string of the molecule is COc1ccc2ccccc2c1-c1cc(C(=O)NN=Cc2c(C)nn(-c3ccccc3)c2C)[nH]n1. The molecule has 2 aromatic heterocycles. The molecule has 0 aliphatic heterocycles. The number of para-hydroxylation sites is 1. The molecule has 2 N–H and O–H groups in total. The predicted octanol–water partition coefficient (Wildman–Crippen LogP) is 4.80. The number of aryl methyl sites for hydroxylation is 1. The van der Waals surface area contributed by atoms with Crippen molar-refractivity contribution < 1.29 is 9.53 Å². The summed E-state index contributed by atoms with van der Waals surface area (Å²) >= 11 is 0. The standard InChI is InChI=1S/C27H24N6O2/c1-17-22(18(2)33(32-17)20-10-5-4-6-11-20)16-28-31-27(34)24-15-23(29-30-24)26-21-12-8-7-9-19(21)13-14-25(26)35-3/h4-16H,1-3H3,(H,29,30)(H,31,34). The number of hydrogen-bond acceptors (Lipinski definition) is 5. The van der Waals surface area contributed by atoms with E-state index in [-0.39, 0.29) is 0 Å². The zero-order valence-corrected chi connectivity index (χ0v) is 19.6. The van der Waals surface area contributed by atoms with Gasteiger partial charge in [-0.2, -0.15) is 15.3 Å². The van der Waals surface area contributed by atoms with E-state index in [0.29, 0.717) is 17.1 Å². The predicted molar refractivity (Wildman–Crippen MR) is 136 cm³/mol. The van der Waals surface area contributed by atoms with Crippen LogP contribution in [0.2, 0.25) is 0 Å². The zero-order valence-electron chi connectivity index (χ0n) is 19.6. The summed E-state index contributed by atoms with van der Waals surface area (Å²) in [6.07, 6.45) is 1.61. The maximum Gasteiger partial charge on any atom is 0.289 e. The lowest BCUT2D eigenvalue weighted by molar-refractivity contribution is 0.0950. The number of amides is 1. The van der Waals surface area contributed by atoms with E-state index in [9.17, 15) is 4.79 Å². The van der Waals surface area contributed by atoms with Crippen LogP contribution in [0.15, 0.2) is 77.9 Å². The fourth-order valence-electron chi connectivity index (χ4n) is 4.13. The van der Waals surface area contributed by atoms with Gasteiger partial charge in [-0.25, -0.2) is 10.1 Å². The number of aromatic amines is 1. The Hall–Kier alpha value is -4.72. The molecular formula is C27H24N6O2. The number of carbonyl (C=O) groups excluding carboxylic acids is 1. The summed E-state index contributed by atoms with van der Waals surface area (Å²) in [6.45, 7) is 3.88. The summed E-state index contributed by atoms with van der Waals surface area (Å²) in [5.41, 5.74) is 7.86. The summed E-state index contributed by atoms with van der Waals surface area (Å²) in [4.78, 5) is 12.7. The largest absolute Gasteiger partial charge is 0.496 e. The van der Waals surface area contributed by atoms with Crippen molar-refractivity contribution in [1.29, 1.82) is 0 Å². The molecule has 174 valence electrons. The molecule has 35 heavy (non-hydrogen) atoms. The van der Waals surface area contributed by atoms with Crippen molar-refractivity contribution in [3.05, 3.63) is 95.4 Å². The molecule has 2 heterocycles. The fraction of sp³-hybridized carbons (Fsp3) is 0.111. The van der Waals surface area contributed by atoms with Crippen molar-refractivity contribution in [2.75, 3.05) is 7.11 Å². The van der Waals surface area contributed by atoms with Gasteiger partial charge in [0.05, 0.1) is 41.7 Å². The fourth-order valence-corrected chi connectivity index (χ4v) is 4.13. The van der Waals surface area contributed by atoms with Gasteiger partial charge in [-0.15, -0.1) is 0 Å². The molecule has 0 radical (unpaired) electrons. The van der Waals surface area contributed by atoms with Crippen LogP contribution >= 0.6 is 0 Å². The van der Waals surface area contributed by atoms with Crippen LogP contribution in [-0.4, -0.2) is 39.2 Å². The molecule has 5 rings (SSSR count). The van der Waals surface area contributed by atoms with Gasteiger partial charge in [-0.05, 0) is 48.9 Å². The summed E-state index contributed by atoms with van der Waals surface area (Å²) in [5, 5.41) is 18.0. The van der Waals surface area contributed by atoms with Crippen molar-refractivity contribution in [3.63, 3.8) is 0 Å². The van der Waals surface area contributed by atoms with E-state index in [2.05, 4.69) is 25.8 Å². The van der Waals surface area contributed by atoms with E-state index >= 15 is 0 Å². The van der Waals surface area contributed by atoms with Gasteiger partial charge in [0.15, 0.2) is 0 Å². The first-order valence-electron chi connectivity index (χ1n) is 11.1. The van der Waals surface area contributed by atoms with Crippen LogP contribution in [0, 0.1) is 13.8 Å². The van der Waals surface area contributed by atoms with Crippen LogP contribution in [0.5, 0.6) is 5.75 Å². The van der Waals surface area contributed by atoms with Crippen LogP contribution in [0.3, 0.4) is 0 Å². The van der Waals surface area contributed by atoms with Crippen LogP contribution in [0.25, 0.3) is 27.7 Å². The Morgan fingerprint density at radius 3 is 2.63 bits per heavy atom. The molecule has 1 amide bonds. The first-order valence-corrected chi connectivity index (χ1v) is 11.1. The van der Waals surface area contributed by atoms with Crippen molar-refractivity contribution in [2.24, 2.45) is 5.10 Å². The van der Waals surface area contributed by atoms with E-state index in [1.165, 1.54) is 0 Å². The highest BCUT2D eigenvalue weighted by molar-refractivity contribution is 6.00. The molecule has 5 aromatic rings. The molecule has 0 aliphatic carbocycles. The Balaban J connectivity index is 1.37. The molecule has 0 unspecified atom stereocenters. The van der Waals surface area contributed by atoms with Gasteiger partial charge in [0.2, 0.25) is 0 Å². The summed E-state index contributed by atoms with van der Waals surface area (Å²) in [6, 6.07) is 23.4. The summed E-state index contributed by atoms with van der Waals surface area (Å²) < 4.78 is 7.42. The maximum absolute atomic E-state index is 12.7. The number of rotatable bonds is 6. The molecule has 3 aromatic carbocycles. The molecular weight excluding hydrogens is 440 g/mol. The second-order valence-corrected chi connectivity index (χ2v) is 8.06. The monoisotopic (exact) mass is 464 g/mol. The molecule has 0 saturated heterocycles. The molecule has 0 aliphatic rings. The van der Waals surface area contributed by atoms with E-state index < -0.39 is 5.91 Å². The number of methoxy groups -OCH3 is 1. The van der Waals surface area contributed by atoms with Crippen LogP contribution in [0.1, 0.15) is 27.4 Å². The normalized spacial score (nSPS) is 11.3. The minimum absolute atomic E-state index is 0.292. The minimum atomic E-state index is -0.398. The van der Waals surface area contributed by atoms with Crippen LogP contribution in [-0.2, 0) is 0 Å². The quantitative estimate of drug-likeness (QED) is 0.278. The van der Waals surface area contributed by atoms with Crippen molar-refractivity contribution in [1.82, 2.24) is 25.4 Å². The first kappa shape index (κ1) is 22.1. The van der Waals surface area contributed by atoms with Gasteiger partial charge >= 0.3 is 0 Å². The number of hydrogen-bond donors (Lipinski definition) is 2. The molecule has 0 saturated carbocycles. The Kier molecular flexibility index (Phi) is 5.85. The zero-order chi connectivity index (χ0) is 24.4. The summed E-state index contributed by atoms with van der Waals surface area (Å²) in [5.74, 6) is 0.284. The smallest absolute Gasteiger partial charge is 0.289 e.